The van der Waals surface area contributed by atoms with E-state index in [1.165, 1.54) is 5.56 Å². The number of hydrogen-bond acceptors (Lipinski definition) is 4. The summed E-state index contributed by atoms with van der Waals surface area (Å²) in [5, 5.41) is 8.06. The summed E-state index contributed by atoms with van der Waals surface area (Å²) in [6.45, 7) is 8.26. The smallest absolute Gasteiger partial charge is 0.223 e. The van der Waals surface area contributed by atoms with Gasteiger partial charge in [-0.2, -0.15) is 5.10 Å². The normalized spacial score (nSPS) is 10.8. The minimum Gasteiger partial charge on any atom is -0.340 e. The molecule has 1 amide bonds. The zero-order valence-corrected chi connectivity index (χ0v) is 18.8. The van der Waals surface area contributed by atoms with Crippen LogP contribution in [0, 0.1) is 13.8 Å². The van der Waals surface area contributed by atoms with E-state index >= 15 is 0 Å². The molecule has 0 saturated carbocycles. The van der Waals surface area contributed by atoms with E-state index in [-0.39, 0.29) is 5.91 Å². The molecule has 1 N–H and O–H groups in total. The zero-order chi connectivity index (χ0) is 22.7. The number of amides is 1. The Morgan fingerprint density at radius 2 is 1.81 bits per heavy atom. The maximum Gasteiger partial charge on any atom is 0.223 e. The highest BCUT2D eigenvalue weighted by atomic mass is 16.2. The molecule has 2 aromatic heterocycles. The van der Waals surface area contributed by atoms with Crippen LogP contribution in [0.4, 0.5) is 17.2 Å². The first-order chi connectivity index (χ1) is 15.4. The summed E-state index contributed by atoms with van der Waals surface area (Å²) < 4.78 is 1.97. The molecule has 6 heteroatoms. The van der Waals surface area contributed by atoms with E-state index in [9.17, 15) is 4.79 Å². The van der Waals surface area contributed by atoms with Gasteiger partial charge in [-0.15, -0.1) is 0 Å². The average molecular weight is 426 g/mol. The average Bonchev–Trinajstić information content (AvgIpc) is 3.17. The minimum absolute atomic E-state index is 0.0306. The van der Waals surface area contributed by atoms with Gasteiger partial charge in [0.15, 0.2) is 0 Å². The van der Waals surface area contributed by atoms with Gasteiger partial charge in [-0.1, -0.05) is 12.1 Å². The first-order valence-corrected chi connectivity index (χ1v) is 10.7. The van der Waals surface area contributed by atoms with Gasteiger partial charge in [0, 0.05) is 36.6 Å². The third-order valence-corrected chi connectivity index (χ3v) is 5.28. The number of pyridine rings is 1. The monoisotopic (exact) mass is 425 g/mol. The second kappa shape index (κ2) is 9.06. The molecule has 6 nitrogen and oxygen atoms in total. The van der Waals surface area contributed by atoms with Crippen molar-refractivity contribution in [1.82, 2.24) is 14.8 Å². The molecule has 4 aromatic rings. The second-order valence-corrected chi connectivity index (χ2v) is 7.79. The number of aryl methyl sites for hydroxylation is 2. The maximum atomic E-state index is 11.8. The molecular weight excluding hydrogens is 398 g/mol. The van der Waals surface area contributed by atoms with Crippen molar-refractivity contribution in [2.24, 2.45) is 0 Å². The third kappa shape index (κ3) is 4.54. The first-order valence-electron chi connectivity index (χ1n) is 10.7. The standard InChI is InChI=1S/C26H27N5O/c1-5-30(20(4)32)23-11-9-22(10-12-23)28-26-17-21(13-14-27-26)25-16-19(3)29-31(25)24-8-6-7-18(2)15-24/h6-17H,5H2,1-4H3,(H,27,28). The molecule has 0 radical (unpaired) electrons. The van der Waals surface area contributed by atoms with Gasteiger partial charge in [-0.3, -0.25) is 4.79 Å². The van der Waals surface area contributed by atoms with E-state index in [0.29, 0.717) is 6.54 Å². The Bertz CT molecular complexity index is 1240. The highest BCUT2D eigenvalue weighted by molar-refractivity contribution is 5.91. The van der Waals surface area contributed by atoms with Crippen LogP contribution < -0.4 is 10.2 Å². The summed E-state index contributed by atoms with van der Waals surface area (Å²) in [7, 11) is 0. The SMILES string of the molecule is CCN(C(C)=O)c1ccc(Nc2cc(-c3cc(C)nn3-c3cccc(C)c3)ccn2)cc1. The lowest BCUT2D eigenvalue weighted by atomic mass is 10.1. The number of anilines is 3. The number of rotatable bonds is 6. The number of aromatic nitrogens is 3. The number of benzene rings is 2. The van der Waals surface area contributed by atoms with Crippen LogP contribution in [-0.4, -0.2) is 27.2 Å². The minimum atomic E-state index is 0.0306. The van der Waals surface area contributed by atoms with Gasteiger partial charge in [-0.25, -0.2) is 9.67 Å². The van der Waals surface area contributed by atoms with Gasteiger partial charge in [0.05, 0.1) is 17.1 Å². The Kier molecular flexibility index (Phi) is 6.03. The van der Waals surface area contributed by atoms with Crippen LogP contribution in [0.15, 0.2) is 72.9 Å². The van der Waals surface area contributed by atoms with E-state index in [1.807, 2.05) is 61.0 Å². The lowest BCUT2D eigenvalue weighted by Gasteiger charge is -2.19. The van der Waals surface area contributed by atoms with E-state index < -0.39 is 0 Å². The number of nitrogens with zero attached hydrogens (tertiary/aromatic N) is 4. The van der Waals surface area contributed by atoms with Crippen LogP contribution in [0.25, 0.3) is 16.9 Å². The number of hydrogen-bond donors (Lipinski definition) is 1. The Balaban J connectivity index is 1.61. The van der Waals surface area contributed by atoms with Gasteiger partial charge < -0.3 is 10.2 Å². The fourth-order valence-electron chi connectivity index (χ4n) is 3.78. The Labute approximate surface area is 188 Å². The molecule has 2 heterocycles. The molecule has 0 aliphatic carbocycles. The number of carbonyl (C=O) groups is 1. The first kappa shape index (κ1) is 21.3. The molecule has 0 aliphatic rings. The Hall–Kier alpha value is -3.93. The van der Waals surface area contributed by atoms with E-state index in [2.05, 4.69) is 41.5 Å². The summed E-state index contributed by atoms with van der Waals surface area (Å²) in [5.74, 6) is 0.770. The molecular formula is C26H27N5O. The van der Waals surface area contributed by atoms with Gasteiger partial charge in [0.1, 0.15) is 5.82 Å². The highest BCUT2D eigenvalue weighted by Crippen LogP contribution is 2.27. The molecule has 0 unspecified atom stereocenters. The Morgan fingerprint density at radius 1 is 1.03 bits per heavy atom. The van der Waals surface area contributed by atoms with Gasteiger partial charge in [0.2, 0.25) is 5.91 Å². The van der Waals surface area contributed by atoms with E-state index in [1.54, 1.807) is 18.0 Å². The molecule has 0 aliphatic heterocycles. The van der Waals surface area contributed by atoms with Crippen molar-refractivity contribution in [1.29, 1.82) is 0 Å². The molecule has 0 saturated heterocycles. The summed E-state index contributed by atoms with van der Waals surface area (Å²) in [6, 6.07) is 22.2. The Morgan fingerprint density at radius 3 is 2.50 bits per heavy atom. The van der Waals surface area contributed by atoms with Crippen LogP contribution in [-0.2, 0) is 4.79 Å². The summed E-state index contributed by atoms with van der Waals surface area (Å²) in [4.78, 5) is 18.0. The van der Waals surface area contributed by atoms with Crippen LogP contribution in [0.3, 0.4) is 0 Å². The van der Waals surface area contributed by atoms with Crippen molar-refractivity contribution in [2.75, 3.05) is 16.8 Å². The van der Waals surface area contributed by atoms with E-state index in [0.717, 1.165) is 39.8 Å². The number of nitrogens with one attached hydrogen (secondary N) is 1. The molecule has 0 spiro atoms. The lowest BCUT2D eigenvalue weighted by molar-refractivity contribution is -0.116. The lowest BCUT2D eigenvalue weighted by Crippen LogP contribution is -2.27. The van der Waals surface area contributed by atoms with Gasteiger partial charge in [0.25, 0.3) is 0 Å². The van der Waals surface area contributed by atoms with Crippen molar-refractivity contribution >= 4 is 23.1 Å². The fourth-order valence-corrected chi connectivity index (χ4v) is 3.78. The molecule has 0 fully saturated rings. The van der Waals surface area contributed by atoms with Gasteiger partial charge >= 0.3 is 0 Å². The fraction of sp³-hybridized carbons (Fsp3) is 0.192. The van der Waals surface area contributed by atoms with Crippen LogP contribution >= 0.6 is 0 Å². The third-order valence-electron chi connectivity index (χ3n) is 5.28. The zero-order valence-electron chi connectivity index (χ0n) is 18.8. The predicted octanol–water partition coefficient (Wildman–Crippen LogP) is 5.67. The van der Waals surface area contributed by atoms with Crippen molar-refractivity contribution in [3.8, 4) is 16.9 Å². The highest BCUT2D eigenvalue weighted by Gasteiger charge is 2.12. The van der Waals surface area contributed by atoms with Gasteiger partial charge in [-0.05, 0) is 80.9 Å². The molecule has 162 valence electrons. The summed E-state index contributed by atoms with van der Waals surface area (Å²) >= 11 is 0. The number of carbonyl (C=O) groups excluding carboxylic acids is 1. The molecule has 0 bridgehead atoms. The second-order valence-electron chi connectivity index (χ2n) is 7.79. The van der Waals surface area contributed by atoms with Crippen molar-refractivity contribution in [3.05, 3.63) is 84.2 Å². The molecule has 32 heavy (non-hydrogen) atoms. The van der Waals surface area contributed by atoms with Crippen molar-refractivity contribution in [3.63, 3.8) is 0 Å². The van der Waals surface area contributed by atoms with Crippen molar-refractivity contribution < 1.29 is 4.79 Å². The molecule has 0 atom stereocenters. The quantitative estimate of drug-likeness (QED) is 0.432. The summed E-state index contributed by atoms with van der Waals surface area (Å²) in [6.07, 6.45) is 1.80. The molecule has 2 aromatic carbocycles. The van der Waals surface area contributed by atoms with Crippen LogP contribution in [0.5, 0.6) is 0 Å². The van der Waals surface area contributed by atoms with E-state index in [4.69, 9.17) is 5.10 Å². The maximum absolute atomic E-state index is 11.8. The largest absolute Gasteiger partial charge is 0.340 e. The topological polar surface area (TPSA) is 63.1 Å². The van der Waals surface area contributed by atoms with Crippen LogP contribution in [0.2, 0.25) is 0 Å². The molecule has 4 rings (SSSR count). The summed E-state index contributed by atoms with van der Waals surface area (Å²) in [5.41, 5.74) is 6.99. The van der Waals surface area contributed by atoms with Crippen LogP contribution in [0.1, 0.15) is 25.1 Å². The predicted molar refractivity (Wildman–Crippen MR) is 130 cm³/mol. The van der Waals surface area contributed by atoms with Crippen molar-refractivity contribution in [2.45, 2.75) is 27.7 Å².